The van der Waals surface area contributed by atoms with E-state index in [1.165, 1.54) is 0 Å². The van der Waals surface area contributed by atoms with Crippen molar-refractivity contribution in [2.24, 2.45) is 0 Å². The number of rotatable bonds is 5. The predicted octanol–water partition coefficient (Wildman–Crippen LogP) is 2.90. The second kappa shape index (κ2) is 5.98. The number of hydrogen-bond acceptors (Lipinski definition) is 3. The summed E-state index contributed by atoms with van der Waals surface area (Å²) in [7, 11) is 3.36. The molecule has 1 atom stereocenters. The van der Waals surface area contributed by atoms with E-state index in [9.17, 15) is 0 Å². The molecule has 0 aromatic heterocycles. The highest BCUT2D eigenvalue weighted by Gasteiger charge is 2.05. The third-order valence-corrected chi connectivity index (χ3v) is 2.64. The molecular formula is C11H16BrNO2. The Balaban J connectivity index is 2.69. The third-order valence-electron chi connectivity index (χ3n) is 2.14. The first-order chi connectivity index (χ1) is 7.17. The number of ether oxygens (including phenoxy) is 2. The average Bonchev–Trinajstić information content (AvgIpc) is 2.26. The van der Waals surface area contributed by atoms with Crippen molar-refractivity contribution in [1.82, 2.24) is 0 Å². The van der Waals surface area contributed by atoms with E-state index in [1.54, 1.807) is 14.2 Å². The van der Waals surface area contributed by atoms with Crippen LogP contribution in [0.5, 0.6) is 5.75 Å². The van der Waals surface area contributed by atoms with Crippen LogP contribution in [0, 0.1) is 0 Å². The van der Waals surface area contributed by atoms with Gasteiger partial charge in [0, 0.05) is 18.1 Å². The van der Waals surface area contributed by atoms with Crippen molar-refractivity contribution >= 4 is 21.6 Å². The molecule has 0 saturated carbocycles. The first-order valence-electron chi connectivity index (χ1n) is 4.77. The van der Waals surface area contributed by atoms with Crippen molar-refractivity contribution in [3.8, 4) is 5.75 Å². The molecule has 1 N–H and O–H groups in total. The van der Waals surface area contributed by atoms with Gasteiger partial charge in [0.15, 0.2) is 0 Å². The van der Waals surface area contributed by atoms with E-state index in [1.807, 2.05) is 25.1 Å². The number of nitrogens with one attached hydrogen (secondary N) is 1. The molecule has 0 bridgehead atoms. The summed E-state index contributed by atoms with van der Waals surface area (Å²) in [5, 5.41) is 3.28. The minimum atomic E-state index is 0.175. The molecule has 0 aliphatic rings. The number of benzene rings is 1. The van der Waals surface area contributed by atoms with Crippen molar-refractivity contribution in [3.63, 3.8) is 0 Å². The van der Waals surface area contributed by atoms with Crippen LogP contribution in [0.15, 0.2) is 22.7 Å². The molecule has 0 saturated heterocycles. The fraction of sp³-hybridized carbons (Fsp3) is 0.455. The highest BCUT2D eigenvalue weighted by molar-refractivity contribution is 9.10. The van der Waals surface area contributed by atoms with Gasteiger partial charge in [-0.2, -0.15) is 0 Å². The van der Waals surface area contributed by atoms with Crippen LogP contribution in [0.3, 0.4) is 0 Å². The topological polar surface area (TPSA) is 30.5 Å². The van der Waals surface area contributed by atoms with Gasteiger partial charge in [-0.25, -0.2) is 0 Å². The molecule has 15 heavy (non-hydrogen) atoms. The highest BCUT2D eigenvalue weighted by atomic mass is 79.9. The zero-order valence-electron chi connectivity index (χ0n) is 9.21. The number of methoxy groups -OCH3 is 2. The standard InChI is InChI=1S/C11H16BrNO2/c1-8(14-2)7-13-10-6-9(12)4-5-11(10)15-3/h4-6,8,13H,7H2,1-3H3. The second-order valence-electron chi connectivity index (χ2n) is 3.27. The summed E-state index contributed by atoms with van der Waals surface area (Å²) >= 11 is 3.42. The van der Waals surface area contributed by atoms with Gasteiger partial charge in [-0.15, -0.1) is 0 Å². The van der Waals surface area contributed by atoms with Crippen LogP contribution >= 0.6 is 15.9 Å². The van der Waals surface area contributed by atoms with Gasteiger partial charge in [0.05, 0.1) is 18.9 Å². The Morgan fingerprint density at radius 3 is 2.73 bits per heavy atom. The molecule has 0 aliphatic carbocycles. The van der Waals surface area contributed by atoms with Gasteiger partial charge in [-0.3, -0.25) is 0 Å². The van der Waals surface area contributed by atoms with Gasteiger partial charge in [-0.1, -0.05) is 15.9 Å². The Morgan fingerprint density at radius 1 is 1.40 bits per heavy atom. The first kappa shape index (κ1) is 12.3. The molecular weight excluding hydrogens is 258 g/mol. The van der Waals surface area contributed by atoms with Crippen molar-refractivity contribution in [1.29, 1.82) is 0 Å². The zero-order valence-corrected chi connectivity index (χ0v) is 10.8. The predicted molar refractivity (Wildman–Crippen MR) is 65.7 cm³/mol. The maximum atomic E-state index is 5.24. The monoisotopic (exact) mass is 273 g/mol. The quantitative estimate of drug-likeness (QED) is 0.895. The molecule has 1 aromatic rings. The lowest BCUT2D eigenvalue weighted by molar-refractivity contribution is 0.128. The van der Waals surface area contributed by atoms with E-state index in [0.29, 0.717) is 0 Å². The lowest BCUT2D eigenvalue weighted by atomic mass is 10.3. The van der Waals surface area contributed by atoms with Crippen molar-refractivity contribution in [2.45, 2.75) is 13.0 Å². The van der Waals surface area contributed by atoms with Crippen LogP contribution in [-0.2, 0) is 4.74 Å². The Kier molecular flexibility index (Phi) is 4.91. The van der Waals surface area contributed by atoms with Gasteiger partial charge in [-0.05, 0) is 25.1 Å². The largest absolute Gasteiger partial charge is 0.495 e. The molecule has 0 heterocycles. The van der Waals surface area contributed by atoms with E-state index in [-0.39, 0.29) is 6.10 Å². The minimum Gasteiger partial charge on any atom is -0.495 e. The Bertz CT molecular complexity index is 317. The highest BCUT2D eigenvalue weighted by Crippen LogP contribution is 2.27. The van der Waals surface area contributed by atoms with E-state index in [2.05, 4.69) is 21.2 Å². The van der Waals surface area contributed by atoms with Crippen LogP contribution < -0.4 is 10.1 Å². The molecule has 0 amide bonds. The fourth-order valence-corrected chi connectivity index (χ4v) is 1.52. The van der Waals surface area contributed by atoms with Gasteiger partial charge < -0.3 is 14.8 Å². The molecule has 1 aromatic carbocycles. The summed E-state index contributed by atoms with van der Waals surface area (Å²) in [6.45, 7) is 2.76. The lowest BCUT2D eigenvalue weighted by Crippen LogP contribution is -2.18. The van der Waals surface area contributed by atoms with Crippen molar-refractivity contribution < 1.29 is 9.47 Å². The van der Waals surface area contributed by atoms with Gasteiger partial charge in [0.2, 0.25) is 0 Å². The van der Waals surface area contributed by atoms with Crippen LogP contribution in [0.1, 0.15) is 6.92 Å². The molecule has 1 rings (SSSR count). The maximum Gasteiger partial charge on any atom is 0.142 e. The maximum absolute atomic E-state index is 5.24. The molecule has 0 spiro atoms. The van der Waals surface area contributed by atoms with Crippen LogP contribution in [0.2, 0.25) is 0 Å². The minimum absolute atomic E-state index is 0.175. The normalized spacial score (nSPS) is 12.3. The van der Waals surface area contributed by atoms with Crippen molar-refractivity contribution in [3.05, 3.63) is 22.7 Å². The van der Waals surface area contributed by atoms with E-state index < -0.39 is 0 Å². The summed E-state index contributed by atoms with van der Waals surface area (Å²) in [6.07, 6.45) is 0.175. The SMILES string of the molecule is COc1ccc(Br)cc1NCC(C)OC. The molecule has 1 unspecified atom stereocenters. The van der Waals surface area contributed by atoms with Gasteiger partial charge in [0.25, 0.3) is 0 Å². The van der Waals surface area contributed by atoms with Crippen LogP contribution in [0.25, 0.3) is 0 Å². The molecule has 0 radical (unpaired) electrons. The fourth-order valence-electron chi connectivity index (χ4n) is 1.16. The van der Waals surface area contributed by atoms with E-state index in [0.717, 1.165) is 22.5 Å². The van der Waals surface area contributed by atoms with Gasteiger partial charge in [0.1, 0.15) is 5.75 Å². The second-order valence-corrected chi connectivity index (χ2v) is 4.19. The Morgan fingerprint density at radius 2 is 2.13 bits per heavy atom. The summed E-state index contributed by atoms with van der Waals surface area (Å²) in [5.41, 5.74) is 0.968. The smallest absolute Gasteiger partial charge is 0.142 e. The zero-order chi connectivity index (χ0) is 11.3. The third kappa shape index (κ3) is 3.72. The number of halogens is 1. The number of hydrogen-bond donors (Lipinski definition) is 1. The van der Waals surface area contributed by atoms with E-state index in [4.69, 9.17) is 9.47 Å². The molecule has 4 heteroatoms. The summed E-state index contributed by atoms with van der Waals surface area (Å²) < 4.78 is 11.4. The van der Waals surface area contributed by atoms with Gasteiger partial charge >= 0.3 is 0 Å². The molecule has 0 aliphatic heterocycles. The molecule has 3 nitrogen and oxygen atoms in total. The Hall–Kier alpha value is -0.740. The first-order valence-corrected chi connectivity index (χ1v) is 5.57. The lowest BCUT2D eigenvalue weighted by Gasteiger charge is -2.14. The summed E-state index contributed by atoms with van der Waals surface area (Å²) in [6, 6.07) is 5.86. The summed E-state index contributed by atoms with van der Waals surface area (Å²) in [5.74, 6) is 0.835. The summed E-state index contributed by atoms with van der Waals surface area (Å²) in [4.78, 5) is 0. The van der Waals surface area contributed by atoms with Crippen molar-refractivity contribution in [2.75, 3.05) is 26.1 Å². The molecule has 84 valence electrons. The Labute approximate surface area is 98.9 Å². The van der Waals surface area contributed by atoms with Crippen LogP contribution in [0.4, 0.5) is 5.69 Å². The van der Waals surface area contributed by atoms with E-state index >= 15 is 0 Å². The average molecular weight is 274 g/mol. The van der Waals surface area contributed by atoms with Crippen LogP contribution in [-0.4, -0.2) is 26.9 Å². The molecule has 0 fully saturated rings. The number of anilines is 1.